The Morgan fingerprint density at radius 3 is 2.32 bits per heavy atom. The quantitative estimate of drug-likeness (QED) is 0.541. The predicted molar refractivity (Wildman–Crippen MR) is 127 cm³/mol. The number of aliphatic hydroxyl groups excluding tert-OH is 1. The average Bonchev–Trinajstić information content (AvgIpc) is 2.88. The van der Waals surface area contributed by atoms with Crippen LogP contribution in [0.1, 0.15) is 27.8 Å². The number of esters is 1. The number of benzene rings is 3. The zero-order valence-corrected chi connectivity index (χ0v) is 19.5. The van der Waals surface area contributed by atoms with Gasteiger partial charge in [0, 0.05) is 10.5 Å². The second kappa shape index (κ2) is 10.3. The third kappa shape index (κ3) is 5.04. The first kappa shape index (κ1) is 23.1. The van der Waals surface area contributed by atoms with Crippen molar-refractivity contribution >= 4 is 17.7 Å². The van der Waals surface area contributed by atoms with Crippen molar-refractivity contribution in [1.29, 1.82) is 0 Å². The van der Waals surface area contributed by atoms with Gasteiger partial charge >= 0.3 is 5.97 Å². The Kier molecular flexibility index (Phi) is 6.99. The molecule has 1 N–H and O–H groups in total. The first-order valence-corrected chi connectivity index (χ1v) is 12.1. The number of fused-ring (bicyclic) bond motifs is 1. The van der Waals surface area contributed by atoms with E-state index in [-0.39, 0.29) is 6.61 Å². The summed E-state index contributed by atoms with van der Waals surface area (Å²) < 4.78 is 24.2. The molecule has 1 unspecified atom stereocenters. The number of thioether (sulfide) groups is 1. The first-order valence-electron chi connectivity index (χ1n) is 11.2. The molecule has 0 aliphatic carbocycles. The maximum absolute atomic E-state index is 12.9. The van der Waals surface area contributed by atoms with E-state index in [4.69, 9.17) is 18.9 Å². The Bertz CT molecular complexity index is 1090. The minimum atomic E-state index is -1.09. The van der Waals surface area contributed by atoms with Gasteiger partial charge in [0.25, 0.3) is 0 Å². The molecule has 0 radical (unpaired) electrons. The monoisotopic (exact) mass is 478 g/mol. The minimum Gasteiger partial charge on any atom is -0.452 e. The average molecular weight is 479 g/mol. The van der Waals surface area contributed by atoms with Gasteiger partial charge in [0.15, 0.2) is 12.4 Å². The smallest absolute Gasteiger partial charge is 0.338 e. The van der Waals surface area contributed by atoms with Gasteiger partial charge in [-0.15, -0.1) is 0 Å². The van der Waals surface area contributed by atoms with E-state index in [1.807, 2.05) is 67.6 Å². The van der Waals surface area contributed by atoms with Gasteiger partial charge in [0.1, 0.15) is 23.7 Å². The molecule has 0 amide bonds. The Morgan fingerprint density at radius 2 is 1.62 bits per heavy atom. The summed E-state index contributed by atoms with van der Waals surface area (Å²) in [4.78, 5) is 13.8. The third-order valence-corrected chi connectivity index (χ3v) is 7.06. The van der Waals surface area contributed by atoms with Gasteiger partial charge in [-0.2, -0.15) is 0 Å². The molecule has 7 heteroatoms. The van der Waals surface area contributed by atoms with E-state index in [1.54, 1.807) is 24.3 Å². The molecular weight excluding hydrogens is 452 g/mol. The molecule has 0 bridgehead atoms. The standard InChI is InChI=1S/C27H26O6S/c1-17-12-14-20(15-13-17)34-27-24(32-25(29)18-8-4-2-5-9-18)22(28)23-21(31-27)16-30-26(33-23)19-10-6-3-7-11-19/h2-15,21-24,26-28H,16H2,1H3/t21-,22+,23+,24-,26?,27+/m1/s1. The van der Waals surface area contributed by atoms with Crippen molar-refractivity contribution in [1.82, 2.24) is 0 Å². The lowest BCUT2D eigenvalue weighted by atomic mass is 9.98. The van der Waals surface area contributed by atoms with Crippen LogP contribution in [0.4, 0.5) is 0 Å². The highest BCUT2D eigenvalue weighted by molar-refractivity contribution is 7.99. The van der Waals surface area contributed by atoms with Crippen LogP contribution in [0.2, 0.25) is 0 Å². The van der Waals surface area contributed by atoms with E-state index in [0.29, 0.717) is 5.56 Å². The summed E-state index contributed by atoms with van der Waals surface area (Å²) in [5, 5.41) is 11.4. The molecule has 6 atom stereocenters. The van der Waals surface area contributed by atoms with Crippen molar-refractivity contribution < 1.29 is 28.8 Å². The molecule has 176 valence electrons. The van der Waals surface area contributed by atoms with E-state index in [1.165, 1.54) is 11.8 Å². The normalized spacial score (nSPS) is 28.6. The Labute approximate surface area is 202 Å². The van der Waals surface area contributed by atoms with Gasteiger partial charge in [-0.3, -0.25) is 0 Å². The van der Waals surface area contributed by atoms with E-state index < -0.39 is 42.1 Å². The summed E-state index contributed by atoms with van der Waals surface area (Å²) >= 11 is 1.40. The maximum atomic E-state index is 12.9. The maximum Gasteiger partial charge on any atom is 0.338 e. The number of ether oxygens (including phenoxy) is 4. The summed E-state index contributed by atoms with van der Waals surface area (Å²) in [6.07, 6.45) is -3.86. The summed E-state index contributed by atoms with van der Waals surface area (Å²) in [5.41, 5.74) is 1.77. The molecule has 6 nitrogen and oxygen atoms in total. The fraction of sp³-hybridized carbons (Fsp3) is 0.296. The second-order valence-corrected chi connectivity index (χ2v) is 9.55. The van der Waals surface area contributed by atoms with Gasteiger partial charge in [-0.25, -0.2) is 4.79 Å². The molecule has 2 aliphatic heterocycles. The molecule has 34 heavy (non-hydrogen) atoms. The van der Waals surface area contributed by atoms with Crippen LogP contribution in [-0.4, -0.2) is 47.5 Å². The molecule has 3 aromatic carbocycles. The van der Waals surface area contributed by atoms with E-state index in [0.717, 1.165) is 16.0 Å². The summed E-state index contributed by atoms with van der Waals surface area (Å²) in [6, 6.07) is 26.2. The molecule has 0 aromatic heterocycles. The van der Waals surface area contributed by atoms with Crippen molar-refractivity contribution in [2.45, 2.75) is 48.0 Å². The Balaban J connectivity index is 1.38. The van der Waals surface area contributed by atoms with Crippen molar-refractivity contribution in [2.24, 2.45) is 0 Å². The number of aliphatic hydroxyl groups is 1. The first-order chi connectivity index (χ1) is 16.6. The van der Waals surface area contributed by atoms with Gasteiger partial charge in [-0.1, -0.05) is 78.0 Å². The van der Waals surface area contributed by atoms with Gasteiger partial charge in [0.2, 0.25) is 0 Å². The highest BCUT2D eigenvalue weighted by atomic mass is 32.2. The lowest BCUT2D eigenvalue weighted by Gasteiger charge is -2.47. The van der Waals surface area contributed by atoms with Crippen molar-refractivity contribution in [3.63, 3.8) is 0 Å². The predicted octanol–water partition coefficient (Wildman–Crippen LogP) is 4.51. The van der Waals surface area contributed by atoms with Gasteiger partial charge < -0.3 is 24.1 Å². The number of hydrogen-bond donors (Lipinski definition) is 1. The van der Waals surface area contributed by atoms with Gasteiger partial charge in [-0.05, 0) is 31.2 Å². The Hall–Kier alpha value is -2.68. The molecule has 3 aromatic rings. The van der Waals surface area contributed by atoms with E-state index in [9.17, 15) is 9.90 Å². The molecular formula is C27H26O6S. The van der Waals surface area contributed by atoms with Crippen LogP contribution in [0.15, 0.2) is 89.8 Å². The Morgan fingerprint density at radius 1 is 0.941 bits per heavy atom. The van der Waals surface area contributed by atoms with Crippen LogP contribution in [0.3, 0.4) is 0 Å². The minimum absolute atomic E-state index is 0.256. The number of rotatable bonds is 5. The lowest BCUT2D eigenvalue weighted by Crippen LogP contribution is -2.61. The van der Waals surface area contributed by atoms with Crippen molar-refractivity contribution in [3.8, 4) is 0 Å². The number of carbonyl (C=O) groups is 1. The van der Waals surface area contributed by atoms with Crippen molar-refractivity contribution in [3.05, 3.63) is 102 Å². The number of hydrogen-bond acceptors (Lipinski definition) is 7. The molecule has 0 saturated carbocycles. The third-order valence-electron chi connectivity index (χ3n) is 5.91. The SMILES string of the molecule is Cc1ccc(S[C@@H]2O[C@@H]3COC(c4ccccc4)O[C@@H]3[C@H](O)[C@H]2OC(=O)c2ccccc2)cc1. The van der Waals surface area contributed by atoms with E-state index >= 15 is 0 Å². The van der Waals surface area contributed by atoms with Crippen LogP contribution in [0.25, 0.3) is 0 Å². The molecule has 2 aliphatic rings. The van der Waals surface area contributed by atoms with Crippen LogP contribution >= 0.6 is 11.8 Å². The highest BCUT2D eigenvalue weighted by Crippen LogP contribution is 2.40. The largest absolute Gasteiger partial charge is 0.452 e. The number of aryl methyl sites for hydroxylation is 1. The lowest BCUT2D eigenvalue weighted by molar-refractivity contribution is -0.317. The highest BCUT2D eigenvalue weighted by Gasteiger charge is 2.51. The fourth-order valence-electron chi connectivity index (χ4n) is 4.08. The summed E-state index contributed by atoms with van der Waals surface area (Å²) in [7, 11) is 0. The summed E-state index contributed by atoms with van der Waals surface area (Å²) in [6.45, 7) is 2.27. The summed E-state index contributed by atoms with van der Waals surface area (Å²) in [5.74, 6) is -0.520. The molecule has 2 saturated heterocycles. The molecule has 2 heterocycles. The molecule has 5 rings (SSSR count). The van der Waals surface area contributed by atoms with Crippen molar-refractivity contribution in [2.75, 3.05) is 6.61 Å². The van der Waals surface area contributed by atoms with Gasteiger partial charge in [0.05, 0.1) is 12.2 Å². The fourth-order valence-corrected chi connectivity index (χ4v) is 5.19. The number of carbonyl (C=O) groups excluding carboxylic acids is 1. The van der Waals surface area contributed by atoms with Crippen LogP contribution in [0, 0.1) is 6.92 Å². The van der Waals surface area contributed by atoms with Crippen LogP contribution in [-0.2, 0) is 18.9 Å². The van der Waals surface area contributed by atoms with Crippen LogP contribution < -0.4 is 0 Å². The molecule has 0 spiro atoms. The van der Waals surface area contributed by atoms with E-state index in [2.05, 4.69) is 0 Å². The zero-order chi connectivity index (χ0) is 23.5. The zero-order valence-electron chi connectivity index (χ0n) is 18.7. The van der Waals surface area contributed by atoms with Crippen LogP contribution in [0.5, 0.6) is 0 Å². The topological polar surface area (TPSA) is 74.2 Å². The molecule has 2 fully saturated rings. The second-order valence-electron chi connectivity index (χ2n) is 8.38.